The molecule has 0 aliphatic carbocycles. The molecule has 0 saturated carbocycles. The molecule has 1 atom stereocenters. The maximum Gasteiger partial charge on any atom is 0.349 e. The van der Waals surface area contributed by atoms with E-state index in [1.165, 1.54) is 31.5 Å². The zero-order valence-corrected chi connectivity index (χ0v) is 21.3. The van der Waals surface area contributed by atoms with E-state index in [1.807, 2.05) is 0 Å². The molecular formula is C25H24FN9O5. The van der Waals surface area contributed by atoms with Gasteiger partial charge in [0.15, 0.2) is 29.8 Å². The minimum Gasteiger partial charge on any atom is -0.497 e. The van der Waals surface area contributed by atoms with Gasteiger partial charge in [0.2, 0.25) is 0 Å². The molecular weight excluding hydrogens is 525 g/mol. The van der Waals surface area contributed by atoms with Gasteiger partial charge in [0.1, 0.15) is 23.7 Å². The van der Waals surface area contributed by atoms with Gasteiger partial charge in [-0.25, -0.2) is 9.18 Å². The van der Waals surface area contributed by atoms with Crippen LogP contribution in [0.25, 0.3) is 5.82 Å². The van der Waals surface area contributed by atoms with E-state index in [0.717, 1.165) is 11.6 Å². The van der Waals surface area contributed by atoms with Gasteiger partial charge in [-0.2, -0.15) is 15.0 Å². The van der Waals surface area contributed by atoms with Gasteiger partial charge in [0.25, 0.3) is 5.97 Å². The first-order valence-electron chi connectivity index (χ1n) is 11.4. The number of aromatic amines is 1. The molecule has 4 rings (SSSR count). The molecule has 2 heterocycles. The van der Waals surface area contributed by atoms with Gasteiger partial charge in [-0.05, 0) is 30.3 Å². The lowest BCUT2D eigenvalue weighted by Gasteiger charge is -2.22. The van der Waals surface area contributed by atoms with Crippen LogP contribution < -0.4 is 26.2 Å². The minimum absolute atomic E-state index is 0.0132. The average Bonchev–Trinajstić information content (AvgIpc) is 3.32. The number of methoxy groups -OCH3 is 1. The number of nitrogens with zero attached hydrogens (tertiary/aromatic N) is 5. The van der Waals surface area contributed by atoms with E-state index >= 15 is 4.39 Å². The third-order valence-electron chi connectivity index (χ3n) is 5.08. The summed E-state index contributed by atoms with van der Waals surface area (Å²) in [5.41, 5.74) is 5.81. The Kier molecular flexibility index (Phi) is 9.46. The topological polar surface area (TPSA) is 218 Å². The largest absolute Gasteiger partial charge is 0.497 e. The summed E-state index contributed by atoms with van der Waals surface area (Å²) in [6.07, 6.45) is 1.44. The van der Waals surface area contributed by atoms with Crippen molar-refractivity contribution in [1.82, 2.24) is 25.0 Å². The zero-order chi connectivity index (χ0) is 29.2. The Morgan fingerprint density at radius 2 is 2.05 bits per heavy atom. The first kappa shape index (κ1) is 28.8. The number of aromatic nitrogens is 5. The molecule has 2 aromatic heterocycles. The second kappa shape index (κ2) is 13.1. The van der Waals surface area contributed by atoms with Crippen molar-refractivity contribution < 1.29 is 23.8 Å². The maximum absolute atomic E-state index is 15.7. The minimum atomic E-state index is -1.12. The molecule has 6 N–H and O–H groups in total. The third-order valence-corrected chi connectivity index (χ3v) is 5.08. The quantitative estimate of drug-likeness (QED) is 0.150. The molecule has 0 saturated heterocycles. The Morgan fingerprint density at radius 3 is 2.67 bits per heavy atom. The van der Waals surface area contributed by atoms with Gasteiger partial charge < -0.3 is 25.6 Å². The van der Waals surface area contributed by atoms with Crippen molar-refractivity contribution in [3.63, 3.8) is 0 Å². The van der Waals surface area contributed by atoms with E-state index in [2.05, 4.69) is 25.6 Å². The molecule has 0 radical (unpaired) electrons. The number of para-hydroxylation sites is 1. The number of hydrogen-bond acceptors (Lipinski definition) is 10. The number of nitrogens with two attached hydrogens (primary N) is 1. The first-order valence-corrected chi connectivity index (χ1v) is 11.4. The fourth-order valence-electron chi connectivity index (χ4n) is 3.46. The van der Waals surface area contributed by atoms with E-state index in [0.29, 0.717) is 11.3 Å². The summed E-state index contributed by atoms with van der Waals surface area (Å²) < 4.78 is 27.2. The van der Waals surface area contributed by atoms with Crippen LogP contribution in [0.4, 0.5) is 10.1 Å². The molecule has 0 aliphatic heterocycles. The molecule has 15 heteroatoms. The highest BCUT2D eigenvalue weighted by Gasteiger charge is 2.27. The number of rotatable bonds is 9. The normalized spacial score (nSPS) is 10.8. The fourth-order valence-corrected chi connectivity index (χ4v) is 3.46. The number of benzene rings is 2. The van der Waals surface area contributed by atoms with Gasteiger partial charge in [-0.3, -0.25) is 15.2 Å². The van der Waals surface area contributed by atoms with Gasteiger partial charge >= 0.3 is 5.69 Å². The van der Waals surface area contributed by atoms with Crippen LogP contribution in [0, 0.1) is 22.6 Å². The van der Waals surface area contributed by atoms with Crippen LogP contribution in [0.3, 0.4) is 0 Å². The van der Waals surface area contributed by atoms with Crippen molar-refractivity contribution in [3.8, 4) is 23.4 Å². The molecule has 0 unspecified atom stereocenters. The predicted molar refractivity (Wildman–Crippen MR) is 140 cm³/mol. The van der Waals surface area contributed by atoms with Crippen molar-refractivity contribution >= 4 is 17.5 Å². The summed E-state index contributed by atoms with van der Waals surface area (Å²) in [5, 5.41) is 39.3. The average molecular weight is 550 g/mol. The smallest absolute Gasteiger partial charge is 0.349 e. The highest BCUT2D eigenvalue weighted by atomic mass is 19.1. The molecule has 0 fully saturated rings. The Morgan fingerprint density at radius 1 is 1.32 bits per heavy atom. The second-order valence-electron chi connectivity index (χ2n) is 7.84. The molecule has 0 amide bonds. The van der Waals surface area contributed by atoms with Crippen molar-refractivity contribution in [2.24, 2.45) is 5.73 Å². The summed E-state index contributed by atoms with van der Waals surface area (Å²) in [4.78, 5) is 24.4. The number of ether oxygens (including phenoxy) is 2. The van der Waals surface area contributed by atoms with Crippen LogP contribution in [-0.2, 0) is 4.79 Å². The molecule has 0 spiro atoms. The predicted octanol–water partition coefficient (Wildman–Crippen LogP) is 1.98. The standard InChI is InChI=1S/C23H20FN9O3.C2H4O2/c1-35-13-11-15(19(24)17(12-13)36-10-8-25)20(29-16-6-3-2-5-14(16)21(26)27)22-30-23(34)33(32-22)18-7-4-9-28-31-18;1-2(3)4/h2-7,9,11-12,20,29H,10H2,1H3,(H3,26,27)(H,30,32,34);1H3,(H,3,4)/t20-;/m0./s1. The lowest BCUT2D eigenvalue weighted by atomic mass is 10.0. The fraction of sp³-hybridized carbons (Fsp3) is 0.160. The number of carboxylic acid groups (broad SMARTS) is 1. The number of amidine groups is 1. The highest BCUT2D eigenvalue weighted by Crippen LogP contribution is 2.35. The number of nitriles is 1. The van der Waals surface area contributed by atoms with Gasteiger partial charge in [-0.1, -0.05) is 12.1 Å². The summed E-state index contributed by atoms with van der Waals surface area (Å²) in [6, 6.07) is 13.2. The van der Waals surface area contributed by atoms with Crippen LogP contribution >= 0.6 is 0 Å². The summed E-state index contributed by atoms with van der Waals surface area (Å²) in [6.45, 7) is 0.687. The number of hydrogen-bond donors (Lipinski definition) is 5. The molecule has 40 heavy (non-hydrogen) atoms. The molecule has 2 aromatic carbocycles. The number of nitrogens with one attached hydrogen (secondary N) is 3. The molecule has 206 valence electrons. The molecule has 4 aromatic rings. The van der Waals surface area contributed by atoms with E-state index in [1.54, 1.807) is 36.4 Å². The van der Waals surface area contributed by atoms with Crippen LogP contribution in [0.1, 0.15) is 29.9 Å². The van der Waals surface area contributed by atoms with E-state index < -0.39 is 30.1 Å². The van der Waals surface area contributed by atoms with Gasteiger partial charge in [0, 0.05) is 36.0 Å². The Balaban J connectivity index is 0.00000103. The van der Waals surface area contributed by atoms with E-state index in [-0.39, 0.29) is 34.5 Å². The van der Waals surface area contributed by atoms with Crippen LogP contribution in [-0.4, -0.2) is 55.6 Å². The summed E-state index contributed by atoms with van der Waals surface area (Å²) >= 11 is 0. The number of nitrogen functional groups attached to an aromatic ring is 1. The summed E-state index contributed by atoms with van der Waals surface area (Å²) in [7, 11) is 1.39. The second-order valence-corrected chi connectivity index (χ2v) is 7.84. The number of halogens is 1. The van der Waals surface area contributed by atoms with Gasteiger partial charge in [-0.15, -0.1) is 10.2 Å². The zero-order valence-electron chi connectivity index (χ0n) is 21.3. The van der Waals surface area contributed by atoms with Crippen molar-refractivity contribution in [3.05, 3.63) is 88.0 Å². The molecule has 0 aliphatic rings. The third kappa shape index (κ3) is 6.95. The van der Waals surface area contributed by atoms with Gasteiger partial charge in [0.05, 0.1) is 7.11 Å². The van der Waals surface area contributed by atoms with E-state index in [4.69, 9.17) is 35.8 Å². The highest BCUT2D eigenvalue weighted by molar-refractivity contribution is 6.00. The number of carbonyl (C=O) groups is 1. The SMILES string of the molecule is CC(=O)O.COc1cc(OCC#N)c(F)c([C@H](Nc2ccccc2C(=N)N)c2nn(-c3cccnn3)c(=O)[nH]2)c1. The molecule has 14 nitrogen and oxygen atoms in total. The number of H-pyrrole nitrogens is 1. The summed E-state index contributed by atoms with van der Waals surface area (Å²) in [5.74, 6) is -1.69. The maximum atomic E-state index is 15.7. The Hall–Kier alpha value is -5.78. The first-order chi connectivity index (χ1) is 19.2. The van der Waals surface area contributed by atoms with Crippen LogP contribution in [0.5, 0.6) is 11.5 Å². The van der Waals surface area contributed by atoms with Crippen LogP contribution in [0.15, 0.2) is 59.5 Å². The van der Waals surface area contributed by atoms with Crippen molar-refractivity contribution in [2.45, 2.75) is 13.0 Å². The Bertz CT molecular complexity index is 1590. The van der Waals surface area contributed by atoms with Crippen LogP contribution in [0.2, 0.25) is 0 Å². The Labute approximate surface area is 226 Å². The van der Waals surface area contributed by atoms with Crippen molar-refractivity contribution in [1.29, 1.82) is 10.7 Å². The number of carboxylic acids is 1. The van der Waals surface area contributed by atoms with E-state index in [9.17, 15) is 4.79 Å². The molecule has 0 bridgehead atoms. The monoisotopic (exact) mass is 549 g/mol. The lowest BCUT2D eigenvalue weighted by Crippen LogP contribution is -2.20. The lowest BCUT2D eigenvalue weighted by molar-refractivity contribution is -0.134. The number of anilines is 1. The van der Waals surface area contributed by atoms with Crippen molar-refractivity contribution in [2.75, 3.05) is 19.0 Å². The number of aliphatic carboxylic acids is 1.